The molecule has 0 unspecified atom stereocenters. The minimum absolute atomic E-state index is 0.00972. The summed E-state index contributed by atoms with van der Waals surface area (Å²) in [5.74, 6) is 0.689. The maximum atomic E-state index is 12.7. The van der Waals surface area contributed by atoms with Crippen molar-refractivity contribution in [2.75, 3.05) is 40.4 Å². The van der Waals surface area contributed by atoms with Gasteiger partial charge in [0.25, 0.3) is 11.8 Å². The van der Waals surface area contributed by atoms with E-state index < -0.39 is 0 Å². The fourth-order valence-corrected chi connectivity index (χ4v) is 3.17. The van der Waals surface area contributed by atoms with Crippen LogP contribution in [0.1, 0.15) is 26.3 Å². The molecular formula is C21H24N2O4. The normalized spacial score (nSPS) is 14.1. The zero-order valence-corrected chi connectivity index (χ0v) is 15.7. The van der Waals surface area contributed by atoms with Gasteiger partial charge in [0.15, 0.2) is 0 Å². The van der Waals surface area contributed by atoms with Gasteiger partial charge in [-0.05, 0) is 42.0 Å². The van der Waals surface area contributed by atoms with Gasteiger partial charge < -0.3 is 19.3 Å². The monoisotopic (exact) mass is 368 g/mol. The molecule has 3 rings (SSSR count). The molecule has 0 saturated carbocycles. The van der Waals surface area contributed by atoms with Gasteiger partial charge in [-0.1, -0.05) is 12.1 Å². The minimum atomic E-state index is -0.0214. The van der Waals surface area contributed by atoms with Crippen LogP contribution in [-0.2, 0) is 11.3 Å². The standard InChI is InChI=1S/C21H24N2O4/c1-26-15-16-4-3-5-18(14-16)21(25)23-12-10-22(11-13-23)20(24)17-6-8-19(27-2)9-7-17/h3-9,14H,10-13,15H2,1-2H3. The molecule has 0 atom stereocenters. The molecule has 0 bridgehead atoms. The van der Waals surface area contributed by atoms with Crippen molar-refractivity contribution in [2.45, 2.75) is 6.61 Å². The SMILES string of the molecule is COCc1cccc(C(=O)N2CCN(C(=O)c3ccc(OC)cc3)CC2)c1. The molecule has 1 heterocycles. The highest BCUT2D eigenvalue weighted by atomic mass is 16.5. The number of carbonyl (C=O) groups is 2. The number of carbonyl (C=O) groups excluding carboxylic acids is 2. The Morgan fingerprint density at radius 3 is 2.00 bits per heavy atom. The molecule has 27 heavy (non-hydrogen) atoms. The van der Waals surface area contributed by atoms with Crippen LogP contribution >= 0.6 is 0 Å². The zero-order valence-electron chi connectivity index (χ0n) is 15.7. The number of rotatable bonds is 5. The third-order valence-corrected chi connectivity index (χ3v) is 4.68. The van der Waals surface area contributed by atoms with Gasteiger partial charge in [-0.15, -0.1) is 0 Å². The lowest BCUT2D eigenvalue weighted by atomic mass is 10.1. The maximum absolute atomic E-state index is 12.7. The van der Waals surface area contributed by atoms with Crippen LogP contribution < -0.4 is 4.74 Å². The molecule has 142 valence electrons. The fraction of sp³-hybridized carbons (Fsp3) is 0.333. The highest BCUT2D eigenvalue weighted by molar-refractivity contribution is 5.96. The molecule has 1 aliphatic rings. The molecule has 2 amide bonds. The third-order valence-electron chi connectivity index (χ3n) is 4.68. The van der Waals surface area contributed by atoms with Crippen molar-refractivity contribution in [2.24, 2.45) is 0 Å². The van der Waals surface area contributed by atoms with E-state index in [0.29, 0.717) is 43.9 Å². The van der Waals surface area contributed by atoms with E-state index in [2.05, 4.69) is 0 Å². The van der Waals surface area contributed by atoms with Gasteiger partial charge in [-0.2, -0.15) is 0 Å². The summed E-state index contributed by atoms with van der Waals surface area (Å²) in [4.78, 5) is 29.0. The van der Waals surface area contributed by atoms with E-state index in [0.717, 1.165) is 11.3 Å². The van der Waals surface area contributed by atoms with Crippen molar-refractivity contribution in [3.05, 3.63) is 65.2 Å². The topological polar surface area (TPSA) is 59.1 Å². The van der Waals surface area contributed by atoms with Crippen LogP contribution in [0.4, 0.5) is 0 Å². The van der Waals surface area contributed by atoms with Gasteiger partial charge in [0, 0.05) is 44.4 Å². The summed E-state index contributed by atoms with van der Waals surface area (Å²) in [5, 5.41) is 0. The number of nitrogens with zero attached hydrogens (tertiary/aromatic N) is 2. The van der Waals surface area contributed by atoms with Crippen molar-refractivity contribution in [3.8, 4) is 5.75 Å². The second-order valence-corrected chi connectivity index (χ2v) is 6.45. The molecule has 0 radical (unpaired) electrons. The van der Waals surface area contributed by atoms with Gasteiger partial charge in [0.2, 0.25) is 0 Å². The summed E-state index contributed by atoms with van der Waals surface area (Å²) < 4.78 is 10.3. The van der Waals surface area contributed by atoms with E-state index >= 15 is 0 Å². The number of methoxy groups -OCH3 is 2. The van der Waals surface area contributed by atoms with Crippen molar-refractivity contribution in [1.29, 1.82) is 0 Å². The molecule has 0 spiro atoms. The van der Waals surface area contributed by atoms with Gasteiger partial charge in [-0.3, -0.25) is 9.59 Å². The first-order chi connectivity index (χ1) is 13.1. The van der Waals surface area contributed by atoms with Crippen LogP contribution in [0, 0.1) is 0 Å². The molecule has 2 aromatic rings. The highest BCUT2D eigenvalue weighted by Crippen LogP contribution is 2.16. The third kappa shape index (κ3) is 4.46. The first-order valence-corrected chi connectivity index (χ1v) is 8.93. The molecular weight excluding hydrogens is 344 g/mol. The molecule has 1 saturated heterocycles. The molecule has 0 aromatic heterocycles. The van der Waals surface area contributed by atoms with Gasteiger partial charge in [0.05, 0.1) is 13.7 Å². The lowest BCUT2D eigenvalue weighted by Gasteiger charge is -2.35. The van der Waals surface area contributed by atoms with Crippen molar-refractivity contribution >= 4 is 11.8 Å². The van der Waals surface area contributed by atoms with Crippen LogP contribution in [-0.4, -0.2) is 62.0 Å². The van der Waals surface area contributed by atoms with Gasteiger partial charge >= 0.3 is 0 Å². The van der Waals surface area contributed by atoms with Crippen LogP contribution in [0.3, 0.4) is 0 Å². The lowest BCUT2D eigenvalue weighted by Crippen LogP contribution is -2.50. The minimum Gasteiger partial charge on any atom is -0.497 e. The number of benzene rings is 2. The predicted molar refractivity (Wildman–Crippen MR) is 102 cm³/mol. The summed E-state index contributed by atoms with van der Waals surface area (Å²) in [5.41, 5.74) is 2.25. The number of piperazine rings is 1. The number of hydrogen-bond acceptors (Lipinski definition) is 4. The Bertz CT molecular complexity index is 796. The predicted octanol–water partition coefficient (Wildman–Crippen LogP) is 2.44. The first-order valence-electron chi connectivity index (χ1n) is 8.93. The van der Waals surface area contributed by atoms with Crippen molar-refractivity contribution in [3.63, 3.8) is 0 Å². The Hall–Kier alpha value is -2.86. The van der Waals surface area contributed by atoms with Crippen molar-refractivity contribution in [1.82, 2.24) is 9.80 Å². The largest absolute Gasteiger partial charge is 0.497 e. The van der Waals surface area contributed by atoms with Crippen LogP contribution in [0.5, 0.6) is 5.75 Å². The summed E-state index contributed by atoms with van der Waals surface area (Å²) in [6, 6.07) is 14.6. The fourth-order valence-electron chi connectivity index (χ4n) is 3.17. The summed E-state index contributed by atoms with van der Waals surface area (Å²) in [6.07, 6.45) is 0. The van der Waals surface area contributed by atoms with Gasteiger partial charge in [-0.25, -0.2) is 0 Å². The van der Waals surface area contributed by atoms with E-state index in [1.54, 1.807) is 48.3 Å². The van der Waals surface area contributed by atoms with E-state index in [1.165, 1.54) is 0 Å². The molecule has 0 aliphatic carbocycles. The molecule has 2 aromatic carbocycles. The Morgan fingerprint density at radius 2 is 1.44 bits per heavy atom. The Balaban J connectivity index is 1.60. The number of ether oxygens (including phenoxy) is 2. The van der Waals surface area contributed by atoms with E-state index in [9.17, 15) is 9.59 Å². The molecule has 1 aliphatic heterocycles. The van der Waals surface area contributed by atoms with Crippen LogP contribution in [0.15, 0.2) is 48.5 Å². The average molecular weight is 368 g/mol. The lowest BCUT2D eigenvalue weighted by molar-refractivity contribution is 0.0535. The number of hydrogen-bond donors (Lipinski definition) is 0. The first kappa shape index (κ1) is 18.9. The van der Waals surface area contributed by atoms with Crippen LogP contribution in [0.2, 0.25) is 0 Å². The maximum Gasteiger partial charge on any atom is 0.253 e. The Kier molecular flexibility index (Phi) is 6.08. The van der Waals surface area contributed by atoms with Gasteiger partial charge in [0.1, 0.15) is 5.75 Å². The highest BCUT2D eigenvalue weighted by Gasteiger charge is 2.25. The van der Waals surface area contributed by atoms with E-state index in [4.69, 9.17) is 9.47 Å². The second kappa shape index (κ2) is 8.68. The van der Waals surface area contributed by atoms with Crippen molar-refractivity contribution < 1.29 is 19.1 Å². The quantitative estimate of drug-likeness (QED) is 0.813. The summed E-state index contributed by atoms with van der Waals surface area (Å²) in [7, 11) is 3.23. The number of amides is 2. The second-order valence-electron chi connectivity index (χ2n) is 6.45. The van der Waals surface area contributed by atoms with Crippen LogP contribution in [0.25, 0.3) is 0 Å². The molecule has 6 nitrogen and oxygen atoms in total. The van der Waals surface area contributed by atoms with E-state index in [1.807, 2.05) is 24.3 Å². The molecule has 0 N–H and O–H groups in total. The smallest absolute Gasteiger partial charge is 0.253 e. The molecule has 1 fully saturated rings. The Morgan fingerprint density at radius 1 is 0.852 bits per heavy atom. The summed E-state index contributed by atoms with van der Waals surface area (Å²) in [6.45, 7) is 2.57. The molecule has 6 heteroatoms. The zero-order chi connectivity index (χ0) is 19.2. The average Bonchev–Trinajstić information content (AvgIpc) is 2.73. The summed E-state index contributed by atoms with van der Waals surface area (Å²) >= 11 is 0. The van der Waals surface area contributed by atoms with E-state index in [-0.39, 0.29) is 11.8 Å². The Labute approximate surface area is 159 Å².